The van der Waals surface area contributed by atoms with Gasteiger partial charge in [-0.05, 0) is 72.4 Å². The van der Waals surface area contributed by atoms with Gasteiger partial charge in [-0.3, -0.25) is 0 Å². The lowest BCUT2D eigenvalue weighted by molar-refractivity contribution is 0.832. The Hall–Kier alpha value is -3.15. The van der Waals surface area contributed by atoms with Crippen LogP contribution in [0.15, 0.2) is 109 Å². The van der Waals surface area contributed by atoms with Crippen molar-refractivity contribution in [2.24, 2.45) is 0 Å². The Morgan fingerprint density at radius 1 is 0.488 bits per heavy atom. The second kappa shape index (κ2) is 16.3. The normalized spacial score (nSPS) is 11.7. The Balaban J connectivity index is 1.46. The van der Waals surface area contributed by atoms with Crippen molar-refractivity contribution in [1.29, 1.82) is 0 Å². The quantitative estimate of drug-likeness (QED) is 0.0969. The molecule has 0 atom stereocenters. The Labute approximate surface area is 250 Å². The van der Waals surface area contributed by atoms with Crippen LogP contribution in [0.25, 0.3) is 12.2 Å². The number of benzene rings is 4. The predicted molar refractivity (Wildman–Crippen MR) is 186 cm³/mol. The molecule has 0 saturated carbocycles. The molecule has 0 fully saturated rings. The van der Waals surface area contributed by atoms with Crippen LogP contribution in [0.4, 0.5) is 17.1 Å². The van der Waals surface area contributed by atoms with Gasteiger partial charge in [0.1, 0.15) is 0 Å². The van der Waals surface area contributed by atoms with Gasteiger partial charge < -0.3 is 4.90 Å². The van der Waals surface area contributed by atoms with Crippen molar-refractivity contribution in [2.75, 3.05) is 23.4 Å². The van der Waals surface area contributed by atoms with E-state index >= 15 is 0 Å². The maximum atomic E-state index is 2.40. The van der Waals surface area contributed by atoms with E-state index in [0.717, 1.165) is 17.1 Å². The first-order chi connectivity index (χ1) is 20.2. The number of nitrogens with zero attached hydrogens (tertiary/aromatic N) is 1. The number of anilines is 3. The van der Waals surface area contributed by atoms with Crippen molar-refractivity contribution in [1.82, 2.24) is 0 Å². The van der Waals surface area contributed by atoms with Crippen molar-refractivity contribution < 1.29 is 0 Å². The van der Waals surface area contributed by atoms with Crippen molar-refractivity contribution in [3.63, 3.8) is 0 Å². The Kier molecular flexibility index (Phi) is 12.3. The predicted octanol–water partition coefficient (Wildman–Crippen LogP) is 12.2. The summed E-state index contributed by atoms with van der Waals surface area (Å²) in [6, 6.07) is 39.5. The van der Waals surface area contributed by atoms with Crippen molar-refractivity contribution in [3.8, 4) is 0 Å². The summed E-state index contributed by atoms with van der Waals surface area (Å²) in [5.41, 5.74) is 7.51. The molecule has 0 N–H and O–H groups in total. The molecule has 0 unspecified atom stereocenters. The van der Waals surface area contributed by atoms with E-state index in [2.05, 4.69) is 147 Å². The van der Waals surface area contributed by atoms with Crippen LogP contribution in [0.1, 0.15) is 76.0 Å². The lowest BCUT2D eigenvalue weighted by atomic mass is 10.1. The van der Waals surface area contributed by atoms with Gasteiger partial charge in [0.05, 0.1) is 24.6 Å². The Bertz CT molecular complexity index is 1230. The van der Waals surface area contributed by atoms with Crippen LogP contribution in [0, 0.1) is 0 Å². The van der Waals surface area contributed by atoms with Gasteiger partial charge in [-0.15, -0.1) is 0 Å². The molecule has 2 heteroatoms. The van der Waals surface area contributed by atoms with E-state index in [1.807, 2.05) is 0 Å². The summed E-state index contributed by atoms with van der Waals surface area (Å²) in [7, 11) is -0.926. The van der Waals surface area contributed by atoms with Crippen molar-refractivity contribution in [2.45, 2.75) is 65.5 Å². The lowest BCUT2D eigenvalue weighted by Crippen LogP contribution is -2.11. The monoisotopic (exact) mass is 562 g/mol. The van der Waals surface area contributed by atoms with Crippen LogP contribution < -0.4 is 4.90 Å². The standard InChI is InChI=1S/C39H49NP/c1-4-7-30-41(31-8-5-2,32-9-6-3)33-36-24-22-34(23-25-36)20-21-35-26-28-39(29-27-35)40(37-16-12-10-13-17-37)38-18-14-11-15-19-38/h10-29H,4-9,30-33H2,1-3H3/q+1/b21-20+. The molecule has 0 heterocycles. The lowest BCUT2D eigenvalue weighted by Gasteiger charge is -2.28. The maximum absolute atomic E-state index is 2.40. The second-order valence-electron chi connectivity index (χ2n) is 11.4. The molecule has 0 spiro atoms. The summed E-state index contributed by atoms with van der Waals surface area (Å²) in [5, 5.41) is 0. The molecule has 4 aromatic rings. The van der Waals surface area contributed by atoms with E-state index in [9.17, 15) is 0 Å². The van der Waals surface area contributed by atoms with Gasteiger partial charge in [0.15, 0.2) is 0 Å². The first-order valence-corrected chi connectivity index (χ1v) is 18.3. The zero-order valence-corrected chi connectivity index (χ0v) is 26.4. The third kappa shape index (κ3) is 9.17. The average molecular weight is 563 g/mol. The molecular formula is C39H49NP+. The number of rotatable bonds is 16. The van der Waals surface area contributed by atoms with Gasteiger partial charge >= 0.3 is 0 Å². The van der Waals surface area contributed by atoms with Gasteiger partial charge in [-0.1, -0.05) is 125 Å². The fraction of sp³-hybridized carbons (Fsp3) is 0.333. The van der Waals surface area contributed by atoms with Gasteiger partial charge in [0.2, 0.25) is 0 Å². The summed E-state index contributed by atoms with van der Waals surface area (Å²) < 4.78 is 0. The van der Waals surface area contributed by atoms with Crippen LogP contribution in [-0.2, 0) is 6.16 Å². The zero-order valence-electron chi connectivity index (χ0n) is 25.5. The number of hydrogen-bond acceptors (Lipinski definition) is 1. The molecule has 1 nitrogen and oxygen atoms in total. The van der Waals surface area contributed by atoms with Gasteiger partial charge in [0, 0.05) is 24.3 Å². The Morgan fingerprint density at radius 2 is 0.878 bits per heavy atom. The fourth-order valence-electron chi connectivity index (χ4n) is 5.70. The first kappa shape index (κ1) is 30.8. The molecule has 0 saturated heterocycles. The summed E-state index contributed by atoms with van der Waals surface area (Å²) >= 11 is 0. The molecule has 41 heavy (non-hydrogen) atoms. The maximum Gasteiger partial charge on any atom is 0.0842 e. The zero-order chi connectivity index (χ0) is 28.8. The van der Waals surface area contributed by atoms with E-state index in [1.54, 1.807) is 5.56 Å². The largest absolute Gasteiger partial charge is 0.311 e. The molecule has 0 amide bonds. The molecule has 0 bridgehead atoms. The molecule has 0 aliphatic heterocycles. The van der Waals surface area contributed by atoms with E-state index in [1.165, 1.54) is 74.3 Å². The minimum absolute atomic E-state index is 0.926. The minimum Gasteiger partial charge on any atom is -0.311 e. The van der Waals surface area contributed by atoms with E-state index in [4.69, 9.17) is 0 Å². The summed E-state index contributed by atoms with van der Waals surface area (Å²) in [6.07, 6.45) is 18.4. The van der Waals surface area contributed by atoms with Crippen LogP contribution >= 0.6 is 7.26 Å². The molecule has 4 aromatic carbocycles. The van der Waals surface area contributed by atoms with Crippen molar-refractivity contribution in [3.05, 3.63) is 126 Å². The van der Waals surface area contributed by atoms with Gasteiger partial charge in [-0.25, -0.2) is 0 Å². The number of para-hydroxylation sites is 2. The van der Waals surface area contributed by atoms with E-state index < -0.39 is 7.26 Å². The molecule has 0 radical (unpaired) electrons. The summed E-state index contributed by atoms with van der Waals surface area (Å²) in [5.74, 6) is 0. The molecule has 214 valence electrons. The average Bonchev–Trinajstić information content (AvgIpc) is 3.03. The topological polar surface area (TPSA) is 3.24 Å². The number of unbranched alkanes of at least 4 members (excludes halogenated alkanes) is 3. The van der Waals surface area contributed by atoms with E-state index in [-0.39, 0.29) is 0 Å². The molecule has 0 aliphatic carbocycles. The number of hydrogen-bond donors (Lipinski definition) is 0. The molecular weight excluding hydrogens is 513 g/mol. The van der Waals surface area contributed by atoms with Gasteiger partial charge in [-0.2, -0.15) is 0 Å². The van der Waals surface area contributed by atoms with Crippen LogP contribution in [0.2, 0.25) is 0 Å². The fourth-order valence-corrected chi connectivity index (χ4v) is 10.8. The van der Waals surface area contributed by atoms with Crippen LogP contribution in [0.3, 0.4) is 0 Å². The third-order valence-corrected chi connectivity index (χ3v) is 12.9. The first-order valence-electron chi connectivity index (χ1n) is 15.8. The molecule has 4 rings (SSSR count). The highest BCUT2D eigenvalue weighted by atomic mass is 31.2. The van der Waals surface area contributed by atoms with Gasteiger partial charge in [0.25, 0.3) is 0 Å². The minimum atomic E-state index is -0.926. The highest BCUT2D eigenvalue weighted by Crippen LogP contribution is 2.63. The second-order valence-corrected chi connectivity index (χ2v) is 15.7. The highest BCUT2D eigenvalue weighted by molar-refractivity contribution is 7.75. The summed E-state index contributed by atoms with van der Waals surface area (Å²) in [6.45, 7) is 7.06. The highest BCUT2D eigenvalue weighted by Gasteiger charge is 2.35. The molecule has 0 aromatic heterocycles. The Morgan fingerprint density at radius 3 is 1.29 bits per heavy atom. The van der Waals surface area contributed by atoms with Crippen LogP contribution in [0.5, 0.6) is 0 Å². The van der Waals surface area contributed by atoms with Crippen LogP contribution in [-0.4, -0.2) is 18.5 Å². The molecule has 0 aliphatic rings. The van der Waals surface area contributed by atoms with Crippen molar-refractivity contribution >= 4 is 36.5 Å². The van der Waals surface area contributed by atoms with E-state index in [0.29, 0.717) is 0 Å². The smallest absolute Gasteiger partial charge is 0.0842 e. The third-order valence-electron chi connectivity index (χ3n) is 8.10. The SMILES string of the molecule is CCCC[P+](CCCC)(CCCC)Cc1ccc(/C=C/c2ccc(N(c3ccccc3)c3ccccc3)cc2)cc1. The summed E-state index contributed by atoms with van der Waals surface area (Å²) in [4.78, 5) is 2.30.